The second-order valence-electron chi connectivity index (χ2n) is 6.11. The third-order valence-electron chi connectivity index (χ3n) is 3.95. The molecule has 2 rings (SSSR count). The lowest BCUT2D eigenvalue weighted by molar-refractivity contribution is 0.0747. The van der Waals surface area contributed by atoms with E-state index in [0.29, 0.717) is 24.6 Å². The zero-order chi connectivity index (χ0) is 17.6. The first-order valence-electron chi connectivity index (χ1n) is 8.36. The summed E-state index contributed by atoms with van der Waals surface area (Å²) in [6.07, 6.45) is 3.23. The molecule has 1 N–H and O–H groups in total. The minimum Gasteiger partial charge on any atom is -0.383 e. The number of carbonyl (C=O) groups excluding carboxylic acids is 1. The Morgan fingerprint density at radius 3 is 2.75 bits per heavy atom. The maximum Gasteiger partial charge on any atom is 0.253 e. The van der Waals surface area contributed by atoms with Crippen molar-refractivity contribution in [1.82, 2.24) is 9.62 Å². The number of hydrogen-bond acceptors (Lipinski definition) is 4. The van der Waals surface area contributed by atoms with Crippen LogP contribution in [0.15, 0.2) is 29.2 Å². The maximum atomic E-state index is 12.7. The van der Waals surface area contributed by atoms with Crippen LogP contribution in [0.1, 0.15) is 36.5 Å². The molecule has 0 spiro atoms. The zero-order valence-corrected chi connectivity index (χ0v) is 15.1. The van der Waals surface area contributed by atoms with Crippen LogP contribution in [0.3, 0.4) is 0 Å². The predicted molar refractivity (Wildman–Crippen MR) is 92.4 cm³/mol. The summed E-state index contributed by atoms with van der Waals surface area (Å²) in [4.78, 5) is 14.7. The van der Waals surface area contributed by atoms with E-state index in [1.807, 2.05) is 11.8 Å². The second kappa shape index (κ2) is 8.60. The van der Waals surface area contributed by atoms with Gasteiger partial charge in [-0.05, 0) is 43.4 Å². The molecule has 134 valence electrons. The lowest BCUT2D eigenvalue weighted by Gasteiger charge is -2.22. The largest absolute Gasteiger partial charge is 0.383 e. The number of nitrogens with one attached hydrogen (secondary N) is 1. The molecule has 0 heterocycles. The van der Waals surface area contributed by atoms with Crippen LogP contribution in [0.2, 0.25) is 0 Å². The van der Waals surface area contributed by atoms with E-state index in [4.69, 9.17) is 4.74 Å². The van der Waals surface area contributed by atoms with Gasteiger partial charge in [0.2, 0.25) is 10.0 Å². The van der Waals surface area contributed by atoms with Crippen molar-refractivity contribution in [1.29, 1.82) is 0 Å². The van der Waals surface area contributed by atoms with Gasteiger partial charge >= 0.3 is 0 Å². The fourth-order valence-electron chi connectivity index (χ4n) is 2.50. The first-order chi connectivity index (χ1) is 11.5. The van der Waals surface area contributed by atoms with E-state index < -0.39 is 10.0 Å². The van der Waals surface area contributed by atoms with Crippen LogP contribution in [0.25, 0.3) is 0 Å². The Labute approximate surface area is 144 Å². The molecule has 0 saturated heterocycles. The highest BCUT2D eigenvalue weighted by Gasteiger charge is 2.27. The van der Waals surface area contributed by atoms with Crippen LogP contribution in [0.5, 0.6) is 0 Å². The molecule has 0 aromatic heterocycles. The fraction of sp³-hybridized carbons (Fsp3) is 0.588. The molecule has 1 fully saturated rings. The monoisotopic (exact) mass is 354 g/mol. The Morgan fingerprint density at radius 2 is 2.12 bits per heavy atom. The minimum atomic E-state index is -3.64. The van der Waals surface area contributed by atoms with Gasteiger partial charge < -0.3 is 9.64 Å². The summed E-state index contributed by atoms with van der Waals surface area (Å²) in [5, 5.41) is 0. The van der Waals surface area contributed by atoms with Crippen LogP contribution in [-0.4, -0.2) is 52.6 Å². The molecule has 1 amide bonds. The summed E-state index contributed by atoms with van der Waals surface area (Å²) in [5.41, 5.74) is 0.415. The number of rotatable bonds is 10. The smallest absolute Gasteiger partial charge is 0.253 e. The quantitative estimate of drug-likeness (QED) is 0.651. The molecule has 1 saturated carbocycles. The van der Waals surface area contributed by atoms with Gasteiger partial charge in [-0.3, -0.25) is 4.79 Å². The Kier molecular flexibility index (Phi) is 6.77. The Bertz CT molecular complexity index is 656. The standard InChI is InChI=1S/C17H26N2O4S/c1-3-10-19(13-14-7-8-14)17(20)15-5-4-6-16(12-15)24(21,22)18-9-11-23-2/h4-6,12,14,18H,3,7-11,13H2,1-2H3. The molecular weight excluding hydrogens is 328 g/mol. The summed E-state index contributed by atoms with van der Waals surface area (Å²) in [5.74, 6) is 0.501. The second-order valence-corrected chi connectivity index (χ2v) is 7.88. The molecule has 0 atom stereocenters. The van der Waals surface area contributed by atoms with Crippen molar-refractivity contribution in [2.24, 2.45) is 5.92 Å². The fourth-order valence-corrected chi connectivity index (χ4v) is 3.56. The van der Waals surface area contributed by atoms with E-state index in [2.05, 4.69) is 4.72 Å². The van der Waals surface area contributed by atoms with E-state index in [1.165, 1.54) is 32.1 Å². The van der Waals surface area contributed by atoms with Crippen molar-refractivity contribution in [2.75, 3.05) is 33.4 Å². The highest BCUT2D eigenvalue weighted by atomic mass is 32.2. The third kappa shape index (κ3) is 5.29. The lowest BCUT2D eigenvalue weighted by atomic mass is 10.2. The predicted octanol–water partition coefficient (Wildman–Crippen LogP) is 1.87. The van der Waals surface area contributed by atoms with E-state index in [1.54, 1.807) is 12.1 Å². The van der Waals surface area contributed by atoms with Gasteiger partial charge in [-0.1, -0.05) is 13.0 Å². The van der Waals surface area contributed by atoms with Crippen molar-refractivity contribution in [2.45, 2.75) is 31.1 Å². The number of sulfonamides is 1. The van der Waals surface area contributed by atoms with Gasteiger partial charge in [0.25, 0.3) is 5.91 Å². The molecule has 0 radical (unpaired) electrons. The van der Waals surface area contributed by atoms with Crippen LogP contribution in [0, 0.1) is 5.92 Å². The Morgan fingerprint density at radius 1 is 1.38 bits per heavy atom. The molecule has 24 heavy (non-hydrogen) atoms. The van der Waals surface area contributed by atoms with Gasteiger partial charge in [0.05, 0.1) is 11.5 Å². The Balaban J connectivity index is 2.14. The SMILES string of the molecule is CCCN(CC1CC1)C(=O)c1cccc(S(=O)(=O)NCCOC)c1. The average molecular weight is 354 g/mol. The van der Waals surface area contributed by atoms with Crippen molar-refractivity contribution in [3.63, 3.8) is 0 Å². The molecule has 1 aromatic rings. The highest BCUT2D eigenvalue weighted by molar-refractivity contribution is 7.89. The van der Waals surface area contributed by atoms with Gasteiger partial charge in [-0.2, -0.15) is 0 Å². The number of ether oxygens (including phenoxy) is 1. The van der Waals surface area contributed by atoms with Crippen LogP contribution in [0.4, 0.5) is 0 Å². The number of nitrogens with zero attached hydrogens (tertiary/aromatic N) is 1. The topological polar surface area (TPSA) is 75.7 Å². The first kappa shape index (κ1) is 18.9. The highest BCUT2D eigenvalue weighted by Crippen LogP contribution is 2.30. The number of carbonyl (C=O) groups is 1. The molecule has 1 aromatic carbocycles. The Hall–Kier alpha value is -1.44. The van der Waals surface area contributed by atoms with E-state index >= 15 is 0 Å². The number of methoxy groups -OCH3 is 1. The van der Waals surface area contributed by atoms with Crippen molar-refractivity contribution in [3.8, 4) is 0 Å². The molecule has 1 aliphatic carbocycles. The molecule has 1 aliphatic rings. The van der Waals surface area contributed by atoms with E-state index in [-0.39, 0.29) is 17.3 Å². The van der Waals surface area contributed by atoms with Crippen LogP contribution < -0.4 is 4.72 Å². The molecule has 0 aliphatic heterocycles. The van der Waals surface area contributed by atoms with Gasteiger partial charge in [-0.15, -0.1) is 0 Å². The normalized spacial score (nSPS) is 14.6. The van der Waals surface area contributed by atoms with Gasteiger partial charge in [0.15, 0.2) is 0 Å². The minimum absolute atomic E-state index is 0.0994. The molecular formula is C17H26N2O4S. The van der Waals surface area contributed by atoms with Crippen molar-refractivity contribution in [3.05, 3.63) is 29.8 Å². The number of amides is 1. The van der Waals surface area contributed by atoms with Crippen molar-refractivity contribution < 1.29 is 17.9 Å². The van der Waals surface area contributed by atoms with E-state index in [9.17, 15) is 13.2 Å². The summed E-state index contributed by atoms with van der Waals surface area (Å²) in [7, 11) is -2.13. The van der Waals surface area contributed by atoms with Crippen LogP contribution in [-0.2, 0) is 14.8 Å². The van der Waals surface area contributed by atoms with Gasteiger partial charge in [0, 0.05) is 32.3 Å². The average Bonchev–Trinajstić information content (AvgIpc) is 3.38. The molecule has 6 nitrogen and oxygen atoms in total. The first-order valence-corrected chi connectivity index (χ1v) is 9.84. The zero-order valence-electron chi connectivity index (χ0n) is 14.3. The molecule has 0 unspecified atom stereocenters. The number of hydrogen-bond donors (Lipinski definition) is 1. The third-order valence-corrected chi connectivity index (χ3v) is 5.40. The van der Waals surface area contributed by atoms with Gasteiger partial charge in [0.1, 0.15) is 0 Å². The summed E-state index contributed by atoms with van der Waals surface area (Å²) >= 11 is 0. The molecule has 7 heteroatoms. The maximum absolute atomic E-state index is 12.7. The lowest BCUT2D eigenvalue weighted by Crippen LogP contribution is -2.34. The van der Waals surface area contributed by atoms with Crippen molar-refractivity contribution >= 4 is 15.9 Å². The van der Waals surface area contributed by atoms with Crippen LogP contribution >= 0.6 is 0 Å². The summed E-state index contributed by atoms with van der Waals surface area (Å²) in [6.45, 7) is 3.98. The van der Waals surface area contributed by atoms with Gasteiger partial charge in [-0.25, -0.2) is 13.1 Å². The summed E-state index contributed by atoms with van der Waals surface area (Å²) < 4.78 is 31.9. The number of benzene rings is 1. The van der Waals surface area contributed by atoms with E-state index in [0.717, 1.165) is 13.0 Å². The summed E-state index contributed by atoms with van der Waals surface area (Å²) in [6, 6.07) is 6.23. The molecule has 0 bridgehead atoms.